The number of amides is 1. The third kappa shape index (κ3) is 3.58. The van der Waals surface area contributed by atoms with Crippen LogP contribution in [-0.4, -0.2) is 40.8 Å². The average molecular weight is 403 g/mol. The van der Waals surface area contributed by atoms with Gasteiger partial charge in [-0.3, -0.25) is 4.79 Å². The van der Waals surface area contributed by atoms with Crippen LogP contribution in [0.2, 0.25) is 0 Å². The average Bonchev–Trinajstić information content (AvgIpc) is 3.02. The van der Waals surface area contributed by atoms with Gasteiger partial charge in [0, 0.05) is 25.3 Å². The van der Waals surface area contributed by atoms with E-state index in [2.05, 4.69) is 10.3 Å². The summed E-state index contributed by atoms with van der Waals surface area (Å²) in [6, 6.07) is 6.83. The number of aromatic nitrogens is 2. The van der Waals surface area contributed by atoms with Crippen LogP contribution in [0.5, 0.6) is 0 Å². The van der Waals surface area contributed by atoms with Crippen LogP contribution in [0.15, 0.2) is 35.4 Å². The van der Waals surface area contributed by atoms with Crippen LogP contribution >= 0.6 is 0 Å². The highest BCUT2D eigenvalue weighted by molar-refractivity contribution is 7.89. The van der Waals surface area contributed by atoms with Gasteiger partial charge in [-0.05, 0) is 45.2 Å². The number of fused-ring (bicyclic) bond motifs is 1. The first-order valence-electron chi connectivity index (χ1n) is 9.78. The molecule has 8 heteroatoms. The van der Waals surface area contributed by atoms with Crippen molar-refractivity contribution in [2.24, 2.45) is 0 Å². The van der Waals surface area contributed by atoms with Crippen LogP contribution < -0.4 is 5.32 Å². The highest BCUT2D eigenvalue weighted by Crippen LogP contribution is 2.30. The minimum Gasteiger partial charge on any atom is -0.353 e. The van der Waals surface area contributed by atoms with Gasteiger partial charge in [0.05, 0.1) is 23.1 Å². The van der Waals surface area contributed by atoms with E-state index >= 15 is 0 Å². The molecule has 1 aliphatic heterocycles. The molecule has 1 atom stereocenters. The van der Waals surface area contributed by atoms with Crippen molar-refractivity contribution in [1.29, 1.82) is 0 Å². The van der Waals surface area contributed by atoms with E-state index in [4.69, 9.17) is 0 Å². The molecule has 1 saturated carbocycles. The van der Waals surface area contributed by atoms with Crippen LogP contribution in [0, 0.1) is 6.92 Å². The zero-order chi connectivity index (χ0) is 19.9. The molecule has 2 aliphatic rings. The number of sulfonamides is 1. The quantitative estimate of drug-likeness (QED) is 0.831. The lowest BCUT2D eigenvalue weighted by atomic mass is 9.93. The fourth-order valence-electron chi connectivity index (χ4n) is 3.78. The van der Waals surface area contributed by atoms with E-state index in [1.165, 1.54) is 10.7 Å². The summed E-state index contributed by atoms with van der Waals surface area (Å²) < 4.78 is 29.6. The van der Waals surface area contributed by atoms with Gasteiger partial charge in [-0.25, -0.2) is 13.4 Å². The number of nitrogens with zero attached hydrogens (tertiary/aromatic N) is 3. The SMILES string of the molecule is Cc1ccc(S(=O)(=O)N2CCn3cc(CC(=O)NC4CCC4)nc3[C@H]2C)cc1. The third-order valence-corrected chi connectivity index (χ3v) is 7.65. The minimum atomic E-state index is -3.60. The smallest absolute Gasteiger partial charge is 0.243 e. The minimum absolute atomic E-state index is 0.0167. The highest BCUT2D eigenvalue weighted by Gasteiger charge is 2.35. The Labute approximate surface area is 165 Å². The molecule has 0 unspecified atom stereocenters. The molecular formula is C20H26N4O3S. The van der Waals surface area contributed by atoms with Crippen molar-refractivity contribution in [2.45, 2.75) is 63.1 Å². The molecule has 7 nitrogen and oxygen atoms in total. The van der Waals surface area contributed by atoms with Crippen LogP contribution in [0.25, 0.3) is 0 Å². The molecule has 4 rings (SSSR count). The Morgan fingerprint density at radius 2 is 1.93 bits per heavy atom. The molecule has 1 aromatic carbocycles. The van der Waals surface area contributed by atoms with E-state index < -0.39 is 10.0 Å². The summed E-state index contributed by atoms with van der Waals surface area (Å²) in [7, 11) is -3.60. The number of aryl methyl sites for hydroxylation is 1. The van der Waals surface area contributed by atoms with Crippen molar-refractivity contribution < 1.29 is 13.2 Å². The van der Waals surface area contributed by atoms with Gasteiger partial charge in [-0.15, -0.1) is 0 Å². The molecule has 150 valence electrons. The van der Waals surface area contributed by atoms with Gasteiger partial charge in [-0.2, -0.15) is 4.31 Å². The topological polar surface area (TPSA) is 84.3 Å². The van der Waals surface area contributed by atoms with Crippen LogP contribution in [0.1, 0.15) is 49.3 Å². The van der Waals surface area contributed by atoms with Crippen molar-refractivity contribution >= 4 is 15.9 Å². The molecule has 1 aromatic heterocycles. The van der Waals surface area contributed by atoms with Crippen molar-refractivity contribution in [3.63, 3.8) is 0 Å². The van der Waals surface area contributed by atoms with Crippen LogP contribution in [0.4, 0.5) is 0 Å². The van der Waals surface area contributed by atoms with E-state index in [-0.39, 0.29) is 18.4 Å². The molecule has 2 heterocycles. The second-order valence-electron chi connectivity index (χ2n) is 7.76. The van der Waals surface area contributed by atoms with Gasteiger partial charge in [0.1, 0.15) is 5.82 Å². The van der Waals surface area contributed by atoms with E-state index in [0.29, 0.717) is 35.5 Å². The van der Waals surface area contributed by atoms with E-state index in [9.17, 15) is 13.2 Å². The number of carbonyl (C=O) groups excluding carboxylic acids is 1. The van der Waals surface area contributed by atoms with E-state index in [1.54, 1.807) is 24.3 Å². The fourth-order valence-corrected chi connectivity index (χ4v) is 5.37. The second kappa shape index (κ2) is 7.33. The zero-order valence-electron chi connectivity index (χ0n) is 16.3. The largest absolute Gasteiger partial charge is 0.353 e. The van der Waals surface area contributed by atoms with Crippen molar-refractivity contribution in [3.8, 4) is 0 Å². The number of nitrogens with one attached hydrogen (secondary N) is 1. The van der Waals surface area contributed by atoms with Gasteiger partial charge in [0.2, 0.25) is 15.9 Å². The van der Waals surface area contributed by atoms with Crippen LogP contribution in [-0.2, 0) is 27.8 Å². The van der Waals surface area contributed by atoms with Crippen LogP contribution in [0.3, 0.4) is 0 Å². The molecule has 0 bridgehead atoms. The molecule has 2 aromatic rings. The first kappa shape index (κ1) is 19.1. The summed E-state index contributed by atoms with van der Waals surface area (Å²) in [6.07, 6.45) is 5.38. The third-order valence-electron chi connectivity index (χ3n) is 5.66. The Bertz CT molecular complexity index is 977. The molecule has 0 radical (unpaired) electrons. The maximum absolute atomic E-state index is 13.1. The molecule has 1 N–H and O–H groups in total. The van der Waals surface area contributed by atoms with E-state index in [1.807, 2.05) is 24.6 Å². The Morgan fingerprint density at radius 3 is 2.57 bits per heavy atom. The number of benzene rings is 1. The number of rotatable bonds is 5. The summed E-state index contributed by atoms with van der Waals surface area (Å²) in [5, 5.41) is 3.02. The molecular weight excluding hydrogens is 376 g/mol. The van der Waals surface area contributed by atoms with Crippen molar-refractivity contribution in [1.82, 2.24) is 19.2 Å². The molecule has 0 saturated heterocycles. The Morgan fingerprint density at radius 1 is 1.21 bits per heavy atom. The predicted octanol–water partition coefficient (Wildman–Crippen LogP) is 2.17. The molecule has 1 aliphatic carbocycles. The number of carbonyl (C=O) groups is 1. The van der Waals surface area contributed by atoms with Gasteiger partial charge < -0.3 is 9.88 Å². The first-order chi connectivity index (χ1) is 13.3. The van der Waals surface area contributed by atoms with Gasteiger partial charge >= 0.3 is 0 Å². The summed E-state index contributed by atoms with van der Waals surface area (Å²) in [4.78, 5) is 17.1. The zero-order valence-corrected chi connectivity index (χ0v) is 17.1. The highest BCUT2D eigenvalue weighted by atomic mass is 32.2. The monoisotopic (exact) mass is 402 g/mol. The fraction of sp³-hybridized carbons (Fsp3) is 0.500. The lowest BCUT2D eigenvalue weighted by molar-refractivity contribution is -0.121. The first-order valence-corrected chi connectivity index (χ1v) is 11.2. The summed E-state index contributed by atoms with van der Waals surface area (Å²) in [5.74, 6) is 0.672. The lowest BCUT2D eigenvalue weighted by Gasteiger charge is -2.32. The molecule has 1 fully saturated rings. The summed E-state index contributed by atoms with van der Waals surface area (Å²) >= 11 is 0. The maximum atomic E-state index is 13.1. The van der Waals surface area contributed by atoms with Gasteiger partial charge in [0.15, 0.2) is 0 Å². The van der Waals surface area contributed by atoms with Gasteiger partial charge in [0.25, 0.3) is 0 Å². The Hall–Kier alpha value is -2.19. The molecule has 1 amide bonds. The lowest BCUT2D eigenvalue weighted by Crippen LogP contribution is -2.41. The number of hydrogen-bond acceptors (Lipinski definition) is 4. The van der Waals surface area contributed by atoms with Gasteiger partial charge in [-0.1, -0.05) is 17.7 Å². The molecule has 0 spiro atoms. The molecule has 28 heavy (non-hydrogen) atoms. The van der Waals surface area contributed by atoms with Crippen molar-refractivity contribution in [2.75, 3.05) is 6.54 Å². The maximum Gasteiger partial charge on any atom is 0.243 e. The summed E-state index contributed by atoms with van der Waals surface area (Å²) in [6.45, 7) is 4.69. The standard InChI is InChI=1S/C20H26N4O3S/c1-14-6-8-18(9-7-14)28(26,27)24-11-10-23-13-17(22-20(23)15(24)2)12-19(25)21-16-4-3-5-16/h6-9,13,15-16H,3-5,10-12H2,1-2H3,(H,21,25)/t15-/m1/s1. The second-order valence-corrected chi connectivity index (χ2v) is 9.65. The summed E-state index contributed by atoms with van der Waals surface area (Å²) in [5.41, 5.74) is 1.71. The Kier molecular flexibility index (Phi) is 5.01. The number of imidazole rings is 1. The predicted molar refractivity (Wildman–Crippen MR) is 105 cm³/mol. The normalized spacial score (nSPS) is 20.4. The number of hydrogen-bond donors (Lipinski definition) is 1. The van der Waals surface area contributed by atoms with Crippen molar-refractivity contribution in [3.05, 3.63) is 47.5 Å². The Balaban J connectivity index is 1.51. The van der Waals surface area contributed by atoms with E-state index in [0.717, 1.165) is 18.4 Å².